The van der Waals surface area contributed by atoms with E-state index < -0.39 is 11.8 Å². The Morgan fingerprint density at radius 3 is 2.62 bits per heavy atom. The number of rotatable bonds is 3. The van der Waals surface area contributed by atoms with Crippen LogP contribution in [0.4, 0.5) is 26.4 Å². The highest BCUT2D eigenvalue weighted by atomic mass is 79.9. The second-order valence-electron chi connectivity index (χ2n) is 6.59. The molecular formula is C21H17BrFN5O. The predicted octanol–water partition coefficient (Wildman–Crippen LogP) is 5.67. The second kappa shape index (κ2) is 7.56. The number of carbonyl (C=O) groups is 1. The lowest BCUT2D eigenvalue weighted by atomic mass is 10.0. The molecule has 1 heterocycles. The van der Waals surface area contributed by atoms with Gasteiger partial charge in [0.25, 0.3) is 0 Å². The van der Waals surface area contributed by atoms with Gasteiger partial charge in [0.05, 0.1) is 16.6 Å². The van der Waals surface area contributed by atoms with Crippen LogP contribution in [0.3, 0.4) is 0 Å². The molecule has 146 valence electrons. The molecule has 0 atom stereocenters. The summed E-state index contributed by atoms with van der Waals surface area (Å²) in [6, 6.07) is 15.2. The van der Waals surface area contributed by atoms with Gasteiger partial charge in [-0.1, -0.05) is 24.3 Å². The summed E-state index contributed by atoms with van der Waals surface area (Å²) in [6.45, 7) is 1.83. The molecule has 0 saturated carbocycles. The van der Waals surface area contributed by atoms with Gasteiger partial charge in [0.1, 0.15) is 5.82 Å². The Hall–Kier alpha value is -3.39. The minimum atomic E-state index is -0.521. The maximum atomic E-state index is 13.8. The van der Waals surface area contributed by atoms with Crippen LogP contribution < -0.4 is 16.4 Å². The number of aromatic amines is 1. The van der Waals surface area contributed by atoms with Crippen molar-refractivity contribution in [1.29, 1.82) is 0 Å². The number of aromatic nitrogens is 2. The summed E-state index contributed by atoms with van der Waals surface area (Å²) < 4.78 is 14.7. The highest BCUT2D eigenvalue weighted by Gasteiger charge is 2.13. The molecule has 0 fully saturated rings. The molecule has 0 aliphatic heterocycles. The van der Waals surface area contributed by atoms with Crippen LogP contribution in [-0.2, 0) is 0 Å². The zero-order chi connectivity index (χ0) is 20.5. The summed E-state index contributed by atoms with van der Waals surface area (Å²) in [6.07, 6.45) is 0. The van der Waals surface area contributed by atoms with Crippen LogP contribution in [0.5, 0.6) is 0 Å². The highest BCUT2D eigenvalue weighted by molar-refractivity contribution is 9.10. The van der Waals surface area contributed by atoms with Crippen molar-refractivity contribution in [3.05, 3.63) is 70.5 Å². The number of nitrogens with two attached hydrogens (primary N) is 1. The molecule has 2 amide bonds. The molecule has 5 N–H and O–H groups in total. The largest absolute Gasteiger partial charge is 0.382 e. The molecule has 3 aromatic carbocycles. The molecule has 0 aliphatic rings. The van der Waals surface area contributed by atoms with Gasteiger partial charge in [0, 0.05) is 10.2 Å². The second-order valence-corrected chi connectivity index (χ2v) is 7.45. The van der Waals surface area contributed by atoms with E-state index in [2.05, 4.69) is 36.8 Å². The number of anilines is 3. The maximum Gasteiger partial charge on any atom is 0.323 e. The number of aryl methyl sites for hydroxylation is 1. The van der Waals surface area contributed by atoms with Gasteiger partial charge in [-0.15, -0.1) is 0 Å². The lowest BCUT2D eigenvalue weighted by molar-refractivity contribution is 0.262. The number of nitrogens with zero attached hydrogens (tertiary/aromatic N) is 1. The number of benzene rings is 3. The molecule has 4 rings (SSSR count). The Balaban J connectivity index is 1.54. The lowest BCUT2D eigenvalue weighted by Crippen LogP contribution is -2.20. The Morgan fingerprint density at radius 1 is 1.10 bits per heavy atom. The first-order chi connectivity index (χ1) is 13.9. The molecule has 0 spiro atoms. The molecule has 6 nitrogen and oxygen atoms in total. The van der Waals surface area contributed by atoms with E-state index in [1.165, 1.54) is 6.07 Å². The van der Waals surface area contributed by atoms with E-state index in [4.69, 9.17) is 5.73 Å². The number of carbonyl (C=O) groups excluding carboxylic acids is 1. The monoisotopic (exact) mass is 453 g/mol. The van der Waals surface area contributed by atoms with Gasteiger partial charge in [-0.25, -0.2) is 9.18 Å². The van der Waals surface area contributed by atoms with Gasteiger partial charge in [-0.2, -0.15) is 5.10 Å². The standard InChI is InChI=1S/C21H17BrFN5O/c1-11-2-9-16(23)17(10-11)26-21(29)25-13-5-3-12(4-6-13)14-7-8-15(22)19-18(14)20(24)28-27-19/h2-10H,1H3,(H3,24,27,28)(H2,25,26,29). The van der Waals surface area contributed by atoms with Gasteiger partial charge in [0.2, 0.25) is 0 Å². The van der Waals surface area contributed by atoms with E-state index in [1.54, 1.807) is 24.3 Å². The molecule has 4 aromatic rings. The number of amides is 2. The number of H-pyrrole nitrogens is 1. The van der Waals surface area contributed by atoms with Crippen molar-refractivity contribution in [2.75, 3.05) is 16.4 Å². The van der Waals surface area contributed by atoms with Gasteiger partial charge < -0.3 is 16.4 Å². The molecule has 0 unspecified atom stereocenters. The zero-order valence-corrected chi connectivity index (χ0v) is 17.0. The first kappa shape index (κ1) is 18.9. The Kier molecular flexibility index (Phi) is 4.94. The first-order valence-corrected chi connectivity index (χ1v) is 9.58. The molecule has 29 heavy (non-hydrogen) atoms. The Morgan fingerprint density at radius 2 is 1.86 bits per heavy atom. The van der Waals surface area contributed by atoms with E-state index >= 15 is 0 Å². The van der Waals surface area contributed by atoms with Gasteiger partial charge in [0.15, 0.2) is 5.82 Å². The summed E-state index contributed by atoms with van der Waals surface area (Å²) in [7, 11) is 0. The van der Waals surface area contributed by atoms with Crippen LogP contribution in [0.1, 0.15) is 5.56 Å². The van der Waals surface area contributed by atoms with E-state index in [9.17, 15) is 9.18 Å². The minimum Gasteiger partial charge on any atom is -0.382 e. The number of hydrogen-bond acceptors (Lipinski definition) is 3. The van der Waals surface area contributed by atoms with Crippen molar-refractivity contribution < 1.29 is 9.18 Å². The third-order valence-corrected chi connectivity index (χ3v) is 5.18. The molecule has 0 bridgehead atoms. The van der Waals surface area contributed by atoms with Crippen LogP contribution in [0.25, 0.3) is 22.0 Å². The van der Waals surface area contributed by atoms with Crippen LogP contribution in [0, 0.1) is 12.7 Å². The van der Waals surface area contributed by atoms with Crippen molar-refractivity contribution in [3.63, 3.8) is 0 Å². The van der Waals surface area contributed by atoms with Gasteiger partial charge in [-0.05, 0) is 69.9 Å². The quantitative estimate of drug-likeness (QED) is 0.321. The van der Waals surface area contributed by atoms with E-state index in [-0.39, 0.29) is 5.69 Å². The maximum absolute atomic E-state index is 13.8. The van der Waals surface area contributed by atoms with E-state index in [0.29, 0.717) is 11.5 Å². The normalized spacial score (nSPS) is 10.9. The van der Waals surface area contributed by atoms with Crippen molar-refractivity contribution in [1.82, 2.24) is 10.2 Å². The summed E-state index contributed by atoms with van der Waals surface area (Å²) >= 11 is 3.48. The smallest absolute Gasteiger partial charge is 0.323 e. The summed E-state index contributed by atoms with van der Waals surface area (Å²) in [5.74, 6) is -0.0730. The number of halogens is 2. The Bertz CT molecular complexity index is 1220. The number of nitrogen functional groups attached to an aromatic ring is 1. The SMILES string of the molecule is Cc1ccc(F)c(NC(=O)Nc2ccc(-c3ccc(Br)c4[nH]nc(N)c34)cc2)c1. The molecule has 0 saturated heterocycles. The van der Waals surface area contributed by atoms with Crippen molar-refractivity contribution in [3.8, 4) is 11.1 Å². The molecule has 8 heteroatoms. The number of fused-ring (bicyclic) bond motifs is 1. The van der Waals surface area contributed by atoms with Crippen LogP contribution in [0.2, 0.25) is 0 Å². The van der Waals surface area contributed by atoms with Gasteiger partial charge >= 0.3 is 6.03 Å². The number of urea groups is 1. The average molecular weight is 454 g/mol. The van der Waals surface area contributed by atoms with Crippen LogP contribution in [-0.4, -0.2) is 16.2 Å². The fourth-order valence-corrected chi connectivity index (χ4v) is 3.54. The fourth-order valence-electron chi connectivity index (χ4n) is 3.12. The van der Waals surface area contributed by atoms with E-state index in [0.717, 1.165) is 32.1 Å². The fraction of sp³-hybridized carbons (Fsp3) is 0.0476. The predicted molar refractivity (Wildman–Crippen MR) is 117 cm³/mol. The first-order valence-electron chi connectivity index (χ1n) is 8.79. The molecule has 0 radical (unpaired) electrons. The van der Waals surface area contributed by atoms with Crippen LogP contribution >= 0.6 is 15.9 Å². The van der Waals surface area contributed by atoms with Crippen molar-refractivity contribution in [2.45, 2.75) is 6.92 Å². The number of hydrogen-bond donors (Lipinski definition) is 4. The lowest BCUT2D eigenvalue weighted by Gasteiger charge is -2.10. The summed E-state index contributed by atoms with van der Waals surface area (Å²) in [5.41, 5.74) is 10.2. The number of nitrogens with one attached hydrogen (secondary N) is 3. The molecular weight excluding hydrogens is 437 g/mol. The molecule has 1 aromatic heterocycles. The van der Waals surface area contributed by atoms with Crippen molar-refractivity contribution >= 4 is 50.1 Å². The minimum absolute atomic E-state index is 0.131. The Labute approximate surface area is 174 Å². The van der Waals surface area contributed by atoms with Crippen molar-refractivity contribution in [2.24, 2.45) is 0 Å². The average Bonchev–Trinajstić information content (AvgIpc) is 3.09. The zero-order valence-electron chi connectivity index (χ0n) is 15.4. The van der Waals surface area contributed by atoms with Crippen LogP contribution in [0.15, 0.2) is 59.1 Å². The highest BCUT2D eigenvalue weighted by Crippen LogP contribution is 2.35. The molecule has 0 aliphatic carbocycles. The third kappa shape index (κ3) is 3.79. The van der Waals surface area contributed by atoms with E-state index in [1.807, 2.05) is 31.2 Å². The topological polar surface area (TPSA) is 95.8 Å². The third-order valence-electron chi connectivity index (χ3n) is 4.52. The summed E-state index contributed by atoms with van der Waals surface area (Å²) in [4.78, 5) is 12.2. The summed E-state index contributed by atoms with van der Waals surface area (Å²) in [5, 5.41) is 13.0. The van der Waals surface area contributed by atoms with Gasteiger partial charge in [-0.3, -0.25) is 5.10 Å².